The van der Waals surface area contributed by atoms with Crippen molar-refractivity contribution in [1.82, 2.24) is 10.2 Å². The minimum absolute atomic E-state index is 0.121. The van der Waals surface area contributed by atoms with Gasteiger partial charge in [-0.25, -0.2) is 0 Å². The van der Waals surface area contributed by atoms with Crippen LogP contribution in [0.1, 0.15) is 36.5 Å². The van der Waals surface area contributed by atoms with Crippen LogP contribution >= 0.6 is 0 Å². The fourth-order valence-corrected chi connectivity index (χ4v) is 3.04. The molecular formula is C18H22N2O6. The van der Waals surface area contributed by atoms with Gasteiger partial charge in [-0.15, -0.1) is 0 Å². The van der Waals surface area contributed by atoms with Gasteiger partial charge in [0.15, 0.2) is 18.1 Å². The predicted molar refractivity (Wildman–Crippen MR) is 90.9 cm³/mol. The summed E-state index contributed by atoms with van der Waals surface area (Å²) in [6.07, 6.45) is 3.04. The van der Waals surface area contributed by atoms with Crippen molar-refractivity contribution >= 4 is 17.8 Å². The van der Waals surface area contributed by atoms with Crippen LogP contribution in [0.3, 0.4) is 0 Å². The van der Waals surface area contributed by atoms with E-state index in [1.807, 2.05) is 6.92 Å². The molecule has 2 heterocycles. The van der Waals surface area contributed by atoms with Crippen LogP contribution in [-0.2, 0) is 14.3 Å². The number of ether oxygens (including phenoxy) is 3. The topological polar surface area (TPSA) is 94.2 Å². The number of nitrogens with zero attached hydrogens (tertiary/aromatic N) is 1. The Morgan fingerprint density at radius 2 is 2.04 bits per heavy atom. The quantitative estimate of drug-likeness (QED) is 0.788. The largest absolute Gasteiger partial charge is 0.454 e. The van der Waals surface area contributed by atoms with Crippen molar-refractivity contribution in [2.45, 2.75) is 32.2 Å². The van der Waals surface area contributed by atoms with E-state index < -0.39 is 11.9 Å². The molecule has 2 aliphatic heterocycles. The number of carbonyl (C=O) groups excluding carboxylic acids is 3. The molecule has 0 saturated carbocycles. The maximum absolute atomic E-state index is 12.1. The molecule has 1 atom stereocenters. The summed E-state index contributed by atoms with van der Waals surface area (Å²) in [5, 5.41) is 2.47. The molecule has 1 N–H and O–H groups in total. The number of piperidine rings is 1. The molecule has 140 valence electrons. The summed E-state index contributed by atoms with van der Waals surface area (Å²) in [5.74, 6) is -0.228. The van der Waals surface area contributed by atoms with Crippen molar-refractivity contribution in [2.24, 2.45) is 0 Å². The lowest BCUT2D eigenvalue weighted by Crippen LogP contribution is -2.44. The zero-order valence-electron chi connectivity index (χ0n) is 14.7. The molecule has 1 aromatic rings. The van der Waals surface area contributed by atoms with Crippen molar-refractivity contribution < 1.29 is 28.6 Å². The molecule has 8 nitrogen and oxygen atoms in total. The highest BCUT2D eigenvalue weighted by Crippen LogP contribution is 2.32. The molecular weight excluding hydrogens is 340 g/mol. The fourth-order valence-electron chi connectivity index (χ4n) is 3.04. The summed E-state index contributed by atoms with van der Waals surface area (Å²) in [6.45, 7) is 2.19. The van der Waals surface area contributed by atoms with Crippen molar-refractivity contribution in [3.8, 4) is 11.5 Å². The second-order valence-corrected chi connectivity index (χ2v) is 6.34. The Bertz CT molecular complexity index is 705. The highest BCUT2D eigenvalue weighted by Gasteiger charge is 2.24. The van der Waals surface area contributed by atoms with Gasteiger partial charge in [-0.1, -0.05) is 0 Å². The number of hydrogen-bond donors (Lipinski definition) is 1. The van der Waals surface area contributed by atoms with Crippen LogP contribution < -0.4 is 14.8 Å². The molecule has 3 rings (SSSR count). The third-order valence-electron chi connectivity index (χ3n) is 4.51. The van der Waals surface area contributed by atoms with Crippen molar-refractivity contribution in [1.29, 1.82) is 0 Å². The number of rotatable bonds is 5. The smallest absolute Gasteiger partial charge is 0.325 e. The first-order chi connectivity index (χ1) is 12.5. The van der Waals surface area contributed by atoms with E-state index in [4.69, 9.17) is 14.2 Å². The lowest BCUT2D eigenvalue weighted by atomic mass is 10.0. The lowest BCUT2D eigenvalue weighted by molar-refractivity contribution is -0.152. The first kappa shape index (κ1) is 18.0. The normalized spacial score (nSPS) is 18.3. The second-order valence-electron chi connectivity index (χ2n) is 6.34. The van der Waals surface area contributed by atoms with Gasteiger partial charge in [-0.05, 0) is 44.4 Å². The maximum atomic E-state index is 12.1. The second kappa shape index (κ2) is 8.07. The van der Waals surface area contributed by atoms with Gasteiger partial charge in [-0.2, -0.15) is 0 Å². The molecule has 2 aliphatic rings. The monoisotopic (exact) mass is 362 g/mol. The molecule has 0 unspecified atom stereocenters. The van der Waals surface area contributed by atoms with E-state index in [9.17, 15) is 14.4 Å². The number of hydrogen-bond acceptors (Lipinski definition) is 6. The molecule has 1 fully saturated rings. The first-order valence-electron chi connectivity index (χ1n) is 8.67. The van der Waals surface area contributed by atoms with E-state index in [0.717, 1.165) is 19.3 Å². The van der Waals surface area contributed by atoms with Gasteiger partial charge in [-0.3, -0.25) is 14.4 Å². The van der Waals surface area contributed by atoms with E-state index in [1.165, 1.54) is 0 Å². The van der Waals surface area contributed by atoms with Gasteiger partial charge in [0.25, 0.3) is 11.8 Å². The average molecular weight is 362 g/mol. The van der Waals surface area contributed by atoms with E-state index in [0.29, 0.717) is 23.6 Å². The summed E-state index contributed by atoms with van der Waals surface area (Å²) in [7, 11) is 0. The van der Waals surface area contributed by atoms with Gasteiger partial charge in [0.05, 0.1) is 0 Å². The van der Waals surface area contributed by atoms with Gasteiger partial charge >= 0.3 is 5.97 Å². The first-order valence-corrected chi connectivity index (χ1v) is 8.67. The summed E-state index contributed by atoms with van der Waals surface area (Å²) in [6, 6.07) is 4.92. The Morgan fingerprint density at radius 3 is 2.85 bits per heavy atom. The molecule has 0 spiro atoms. The Balaban J connectivity index is 1.42. The third kappa shape index (κ3) is 4.25. The Labute approximate surface area is 151 Å². The Kier molecular flexibility index (Phi) is 5.60. The van der Waals surface area contributed by atoms with Crippen molar-refractivity contribution in [3.05, 3.63) is 23.8 Å². The zero-order valence-corrected chi connectivity index (χ0v) is 14.7. The highest BCUT2D eigenvalue weighted by atomic mass is 16.7. The molecule has 1 aromatic carbocycles. The standard InChI is InChI=1S/C18H22N2O6/c1-12-4-2-3-7-20(12)16(21)10-24-17(22)9-19-18(23)13-5-6-14-15(8-13)26-11-25-14/h5-6,8,12H,2-4,7,9-11H2,1H3,(H,19,23)/t12-/m0/s1. The predicted octanol–water partition coefficient (Wildman–Crippen LogP) is 1.09. The number of amides is 2. The van der Waals surface area contributed by atoms with Gasteiger partial charge in [0.1, 0.15) is 6.54 Å². The van der Waals surface area contributed by atoms with E-state index in [1.54, 1.807) is 23.1 Å². The molecule has 1 saturated heterocycles. The Morgan fingerprint density at radius 1 is 1.23 bits per heavy atom. The lowest BCUT2D eigenvalue weighted by Gasteiger charge is -2.33. The average Bonchev–Trinajstić information content (AvgIpc) is 3.12. The number of carbonyl (C=O) groups is 3. The van der Waals surface area contributed by atoms with E-state index in [2.05, 4.69) is 5.32 Å². The number of esters is 1. The summed E-state index contributed by atoms with van der Waals surface area (Å²) >= 11 is 0. The SMILES string of the molecule is C[C@H]1CCCCN1C(=O)COC(=O)CNC(=O)c1ccc2c(c1)OCO2. The van der Waals surface area contributed by atoms with Crippen LogP contribution in [0, 0.1) is 0 Å². The molecule has 26 heavy (non-hydrogen) atoms. The molecule has 0 aliphatic carbocycles. The minimum Gasteiger partial charge on any atom is -0.454 e. The van der Waals surface area contributed by atoms with Crippen LogP contribution in [0.2, 0.25) is 0 Å². The van der Waals surface area contributed by atoms with Crippen molar-refractivity contribution in [2.75, 3.05) is 26.5 Å². The van der Waals surface area contributed by atoms with Crippen molar-refractivity contribution in [3.63, 3.8) is 0 Å². The minimum atomic E-state index is -0.655. The molecule has 8 heteroatoms. The number of benzene rings is 1. The summed E-state index contributed by atoms with van der Waals surface area (Å²) < 4.78 is 15.4. The number of likely N-dealkylation sites (tertiary alicyclic amines) is 1. The third-order valence-corrected chi connectivity index (χ3v) is 4.51. The Hall–Kier alpha value is -2.77. The molecule has 0 aromatic heterocycles. The van der Waals surface area contributed by atoms with Gasteiger partial charge in [0.2, 0.25) is 6.79 Å². The summed E-state index contributed by atoms with van der Waals surface area (Å²) in [5.41, 5.74) is 0.347. The molecule has 0 bridgehead atoms. The maximum Gasteiger partial charge on any atom is 0.325 e. The van der Waals surface area contributed by atoms with Crippen LogP contribution in [0.25, 0.3) is 0 Å². The van der Waals surface area contributed by atoms with E-state index >= 15 is 0 Å². The highest BCUT2D eigenvalue weighted by molar-refractivity contribution is 5.96. The molecule has 0 radical (unpaired) electrons. The summed E-state index contributed by atoms with van der Waals surface area (Å²) in [4.78, 5) is 37.7. The van der Waals surface area contributed by atoms with Crippen LogP contribution in [-0.4, -0.2) is 55.2 Å². The number of fused-ring (bicyclic) bond motifs is 1. The van der Waals surface area contributed by atoms with Gasteiger partial charge in [0, 0.05) is 18.2 Å². The van der Waals surface area contributed by atoms with Gasteiger partial charge < -0.3 is 24.4 Å². The van der Waals surface area contributed by atoms with Crippen LogP contribution in [0.15, 0.2) is 18.2 Å². The molecule has 2 amide bonds. The van der Waals surface area contributed by atoms with Crippen LogP contribution in [0.4, 0.5) is 0 Å². The van der Waals surface area contributed by atoms with E-state index in [-0.39, 0.29) is 31.9 Å². The van der Waals surface area contributed by atoms with Crippen LogP contribution in [0.5, 0.6) is 11.5 Å². The fraction of sp³-hybridized carbons (Fsp3) is 0.500. The number of nitrogens with one attached hydrogen (secondary N) is 1. The zero-order chi connectivity index (χ0) is 18.5.